The van der Waals surface area contributed by atoms with Gasteiger partial charge in [-0.2, -0.15) is 0 Å². The lowest BCUT2D eigenvalue weighted by molar-refractivity contribution is 0.153. The maximum Gasteiger partial charge on any atom is 0.198 e. The van der Waals surface area contributed by atoms with Gasteiger partial charge < -0.3 is 25.9 Å². The molecule has 0 bridgehead atoms. The highest BCUT2D eigenvalue weighted by Gasteiger charge is 2.04. The number of rotatable bonds is 7. The largest absolute Gasteiger partial charge is 0.494 e. The number of ether oxygens (including phenoxy) is 2. The molecule has 142 valence electrons. The van der Waals surface area contributed by atoms with Gasteiger partial charge in [0, 0.05) is 12.5 Å². The number of aromatic amines is 1. The van der Waals surface area contributed by atoms with Crippen molar-refractivity contribution in [2.24, 2.45) is 10.7 Å². The van der Waals surface area contributed by atoms with Gasteiger partial charge in [-0.25, -0.2) is 9.98 Å². The quantitative estimate of drug-likeness (QED) is 0.383. The first-order valence-corrected chi connectivity index (χ1v) is 9.68. The Bertz CT molecular complexity index is 914. The number of anilines is 1. The number of aliphatic imine (C=N–C) groups is 1. The average Bonchev–Trinajstić information content (AvgIpc) is 2.86. The van der Waals surface area contributed by atoms with E-state index in [1.165, 1.54) is 11.8 Å². The number of aromatic nitrogens is 2. The van der Waals surface area contributed by atoms with Crippen LogP contribution in [0.25, 0.3) is 11.0 Å². The van der Waals surface area contributed by atoms with E-state index in [1.54, 1.807) is 0 Å². The molecule has 0 atom stereocenters. The molecule has 1 aliphatic carbocycles. The number of imidazole rings is 1. The second-order valence-corrected chi connectivity index (χ2v) is 7.00. The molecular weight excluding hydrogens is 362 g/mol. The third-order valence-corrected chi connectivity index (χ3v) is 4.37. The summed E-state index contributed by atoms with van der Waals surface area (Å²) in [6.07, 6.45) is 8.48. The lowest BCUT2D eigenvalue weighted by atomic mass is 10.3. The zero-order valence-corrected chi connectivity index (χ0v) is 16.0. The number of nitrogens with two attached hydrogens (primary N) is 2. The topological polar surface area (TPSA) is 112 Å². The smallest absolute Gasteiger partial charge is 0.198 e. The minimum Gasteiger partial charge on any atom is -0.494 e. The van der Waals surface area contributed by atoms with Crippen molar-refractivity contribution in [1.29, 1.82) is 0 Å². The van der Waals surface area contributed by atoms with Crippen molar-refractivity contribution in [2.45, 2.75) is 13.3 Å². The van der Waals surface area contributed by atoms with Crippen LogP contribution in [0.1, 0.15) is 13.3 Å². The number of thioether (sulfide) groups is 1. The molecule has 0 saturated heterocycles. The minimum atomic E-state index is 0.394. The van der Waals surface area contributed by atoms with Crippen LogP contribution in [0.4, 0.5) is 5.95 Å². The Kier molecular flexibility index (Phi) is 6.43. The first-order valence-electron chi connectivity index (χ1n) is 8.69. The van der Waals surface area contributed by atoms with E-state index in [1.807, 2.05) is 49.4 Å². The third kappa shape index (κ3) is 5.55. The van der Waals surface area contributed by atoms with E-state index < -0.39 is 0 Å². The van der Waals surface area contributed by atoms with Gasteiger partial charge in [0.1, 0.15) is 19.0 Å². The van der Waals surface area contributed by atoms with E-state index in [9.17, 15) is 0 Å². The van der Waals surface area contributed by atoms with Crippen molar-refractivity contribution < 1.29 is 9.47 Å². The van der Waals surface area contributed by atoms with E-state index in [2.05, 4.69) is 15.0 Å². The van der Waals surface area contributed by atoms with Gasteiger partial charge in [0.05, 0.1) is 22.5 Å². The molecule has 0 spiro atoms. The van der Waals surface area contributed by atoms with Crippen LogP contribution in [-0.2, 0) is 4.74 Å². The lowest BCUT2D eigenvalue weighted by Crippen LogP contribution is -2.06. The number of nitrogen functional groups attached to an aromatic ring is 1. The molecule has 1 aromatic carbocycles. The summed E-state index contributed by atoms with van der Waals surface area (Å²) < 4.78 is 11.5. The Labute approximate surface area is 162 Å². The molecule has 1 aliphatic rings. The van der Waals surface area contributed by atoms with E-state index in [0.29, 0.717) is 30.8 Å². The summed E-state index contributed by atoms with van der Waals surface area (Å²) in [7, 11) is 0. The summed E-state index contributed by atoms with van der Waals surface area (Å²) in [6, 6.07) is 5.60. The number of nitrogens with one attached hydrogen (secondary N) is 1. The monoisotopic (exact) mass is 385 g/mol. The molecule has 1 aromatic heterocycles. The predicted octanol–water partition coefficient (Wildman–Crippen LogP) is 3.34. The van der Waals surface area contributed by atoms with Crippen molar-refractivity contribution in [2.75, 3.05) is 24.7 Å². The van der Waals surface area contributed by atoms with Gasteiger partial charge in [0.15, 0.2) is 11.1 Å². The van der Waals surface area contributed by atoms with Crippen molar-refractivity contribution in [3.63, 3.8) is 0 Å². The van der Waals surface area contributed by atoms with Crippen molar-refractivity contribution in [1.82, 2.24) is 9.97 Å². The Morgan fingerprint density at radius 2 is 2.15 bits per heavy atom. The molecule has 1 heterocycles. The molecular formula is C19H23N5O2S. The summed E-state index contributed by atoms with van der Waals surface area (Å²) in [5.41, 5.74) is 14.0. The van der Waals surface area contributed by atoms with Crippen molar-refractivity contribution in [3.8, 4) is 5.75 Å². The summed E-state index contributed by atoms with van der Waals surface area (Å²) in [4.78, 5) is 11.5. The number of amidine groups is 1. The highest BCUT2D eigenvalue weighted by atomic mass is 32.2. The summed E-state index contributed by atoms with van der Waals surface area (Å²) in [5.74, 6) is 2.89. The van der Waals surface area contributed by atoms with E-state index in [-0.39, 0.29) is 0 Å². The molecule has 3 rings (SSSR count). The van der Waals surface area contributed by atoms with Crippen LogP contribution in [0.3, 0.4) is 0 Å². The number of hydrogen-bond acceptors (Lipinski definition) is 6. The molecule has 0 aliphatic heterocycles. The second-order valence-electron chi connectivity index (χ2n) is 5.71. The number of hydrogen-bond donors (Lipinski definition) is 3. The van der Waals surface area contributed by atoms with Crippen LogP contribution in [0.5, 0.6) is 5.75 Å². The van der Waals surface area contributed by atoms with Gasteiger partial charge >= 0.3 is 0 Å². The fourth-order valence-electron chi connectivity index (χ4n) is 2.52. The maximum absolute atomic E-state index is 5.85. The van der Waals surface area contributed by atoms with Crippen LogP contribution in [0.15, 0.2) is 59.0 Å². The van der Waals surface area contributed by atoms with Crippen LogP contribution in [0.2, 0.25) is 0 Å². The average molecular weight is 385 g/mol. The Balaban J connectivity index is 1.49. The molecule has 5 N–H and O–H groups in total. The molecule has 8 heteroatoms. The molecule has 0 radical (unpaired) electrons. The molecule has 0 unspecified atom stereocenters. The fraction of sp³-hybridized carbons (Fsp3) is 0.263. The zero-order valence-electron chi connectivity index (χ0n) is 15.1. The van der Waals surface area contributed by atoms with E-state index in [0.717, 1.165) is 34.0 Å². The number of fused-ring (bicyclic) bond motifs is 1. The van der Waals surface area contributed by atoms with Crippen molar-refractivity contribution in [3.05, 3.63) is 54.0 Å². The van der Waals surface area contributed by atoms with Crippen LogP contribution < -0.4 is 16.2 Å². The van der Waals surface area contributed by atoms with E-state index in [4.69, 9.17) is 20.9 Å². The van der Waals surface area contributed by atoms with Gasteiger partial charge in [0.2, 0.25) is 0 Å². The van der Waals surface area contributed by atoms with Gasteiger partial charge in [-0.15, -0.1) is 0 Å². The molecule has 7 nitrogen and oxygen atoms in total. The summed E-state index contributed by atoms with van der Waals surface area (Å²) >= 11 is 1.52. The normalized spacial score (nSPS) is 14.6. The summed E-state index contributed by atoms with van der Waals surface area (Å²) in [5, 5.41) is 0.565. The molecule has 0 saturated carbocycles. The predicted molar refractivity (Wildman–Crippen MR) is 112 cm³/mol. The highest BCUT2D eigenvalue weighted by molar-refractivity contribution is 8.13. The number of allylic oxidation sites excluding steroid dienone is 4. The zero-order chi connectivity index (χ0) is 19.1. The fourth-order valence-corrected chi connectivity index (χ4v) is 2.98. The maximum atomic E-state index is 5.85. The molecule has 2 aromatic rings. The van der Waals surface area contributed by atoms with Gasteiger partial charge in [-0.05, 0) is 36.1 Å². The standard InChI is InChI=1S/C19H23N5O2S/c1-2-27-19(21)22-13-4-3-5-14(7-6-13)25-10-11-26-15-8-9-16-17(12-15)24-18(20)23-16/h3-4,6-9,12H,2,5,10-11H2,1H3,(H2,21,22)(H3,20,23,24). The Hall–Kier alpha value is -2.87. The van der Waals surface area contributed by atoms with Crippen LogP contribution in [0, 0.1) is 0 Å². The van der Waals surface area contributed by atoms with Crippen LogP contribution >= 0.6 is 11.8 Å². The number of H-pyrrole nitrogens is 1. The number of nitrogens with zero attached hydrogens (tertiary/aromatic N) is 2. The van der Waals surface area contributed by atoms with Gasteiger partial charge in [-0.3, -0.25) is 0 Å². The van der Waals surface area contributed by atoms with Crippen molar-refractivity contribution >= 4 is 33.9 Å². The van der Waals surface area contributed by atoms with Gasteiger partial charge in [0.25, 0.3) is 0 Å². The van der Waals surface area contributed by atoms with E-state index >= 15 is 0 Å². The third-order valence-electron chi connectivity index (χ3n) is 3.69. The Morgan fingerprint density at radius 3 is 3.00 bits per heavy atom. The first kappa shape index (κ1) is 18.9. The van der Waals surface area contributed by atoms with Gasteiger partial charge in [-0.1, -0.05) is 24.8 Å². The summed E-state index contributed by atoms with van der Waals surface area (Å²) in [6.45, 7) is 2.93. The Morgan fingerprint density at radius 1 is 1.30 bits per heavy atom. The number of benzene rings is 1. The molecule has 27 heavy (non-hydrogen) atoms. The second kappa shape index (κ2) is 9.18. The van der Waals surface area contributed by atoms with Crippen LogP contribution in [-0.4, -0.2) is 34.1 Å². The SMILES string of the molecule is CCSC(N)=NC1=CC=C(OCCOc2ccc3nc(N)[nH]c3c2)CC=C1. The molecule has 0 fully saturated rings. The minimum absolute atomic E-state index is 0.394. The first-order chi connectivity index (χ1) is 13.1. The highest BCUT2D eigenvalue weighted by Crippen LogP contribution is 2.20. The lowest BCUT2D eigenvalue weighted by Gasteiger charge is -2.09. The molecule has 0 amide bonds.